The van der Waals surface area contributed by atoms with Crippen LogP contribution < -0.4 is 16.0 Å². The Morgan fingerprint density at radius 1 is 0.925 bits per heavy atom. The van der Waals surface area contributed by atoms with Gasteiger partial charge in [0.25, 0.3) is 0 Å². The molecule has 0 spiro atoms. The average Bonchev–Trinajstić information content (AvgIpc) is 3.48. The zero-order valence-corrected chi connectivity index (χ0v) is 32.1. The second kappa shape index (κ2) is 15.5. The fourth-order valence-electron chi connectivity index (χ4n) is 9.68. The van der Waals surface area contributed by atoms with Crippen molar-refractivity contribution in [3.8, 4) is 0 Å². The van der Waals surface area contributed by atoms with Crippen molar-refractivity contribution in [1.82, 2.24) is 20.9 Å². The van der Waals surface area contributed by atoms with Crippen LogP contribution in [0.5, 0.6) is 0 Å². The fourth-order valence-corrected chi connectivity index (χ4v) is 9.68. The van der Waals surface area contributed by atoms with Gasteiger partial charge in [0.15, 0.2) is 0 Å². The van der Waals surface area contributed by atoms with Gasteiger partial charge in [-0.15, -0.1) is 0 Å². The summed E-state index contributed by atoms with van der Waals surface area (Å²) in [6.45, 7) is 11.3. The summed E-state index contributed by atoms with van der Waals surface area (Å²) in [5.74, 6) is 0.274. The second-order valence-corrected chi connectivity index (χ2v) is 17.0. The Morgan fingerprint density at radius 3 is 2.40 bits per heavy atom. The van der Waals surface area contributed by atoms with Crippen molar-refractivity contribution in [1.29, 1.82) is 0 Å². The van der Waals surface area contributed by atoms with Gasteiger partial charge in [-0.1, -0.05) is 68.0 Å². The lowest BCUT2D eigenvalue weighted by atomic mass is 9.47. The van der Waals surface area contributed by atoms with Crippen molar-refractivity contribution in [2.45, 2.75) is 117 Å². The summed E-state index contributed by atoms with van der Waals surface area (Å²) in [4.78, 5) is 56.2. The first-order valence-corrected chi connectivity index (χ1v) is 19.3. The van der Waals surface area contributed by atoms with Crippen LogP contribution in [0, 0.1) is 28.6 Å². The molecule has 2 fully saturated rings. The molecule has 4 aliphatic rings. The van der Waals surface area contributed by atoms with E-state index in [1.54, 1.807) is 27.7 Å². The minimum atomic E-state index is -0.982. The molecule has 2 aromatic rings. The molecule has 53 heavy (non-hydrogen) atoms. The number of amides is 3. The van der Waals surface area contributed by atoms with Crippen LogP contribution in [0.3, 0.4) is 0 Å². The van der Waals surface area contributed by atoms with Crippen LogP contribution in [-0.4, -0.2) is 59.2 Å². The quantitative estimate of drug-likeness (QED) is 0.183. The lowest BCUT2D eigenvalue weighted by Crippen LogP contribution is -2.54. The molecule has 0 unspecified atom stereocenters. The zero-order valence-electron chi connectivity index (χ0n) is 32.1. The largest absolute Gasteiger partial charge is 0.461 e. The number of pyridine rings is 1. The summed E-state index contributed by atoms with van der Waals surface area (Å²) in [5.41, 5.74) is 4.50. The number of nitrogens with zero attached hydrogens (tertiary/aromatic N) is 1. The van der Waals surface area contributed by atoms with Gasteiger partial charge in [0.1, 0.15) is 30.3 Å². The number of ether oxygens (including phenoxy) is 2. The van der Waals surface area contributed by atoms with Crippen LogP contribution in [0.15, 0.2) is 72.6 Å². The van der Waals surface area contributed by atoms with Crippen LogP contribution in [0.25, 0.3) is 5.57 Å². The van der Waals surface area contributed by atoms with Crippen molar-refractivity contribution in [3.05, 3.63) is 83.7 Å². The molecule has 1 aromatic heterocycles. The van der Waals surface area contributed by atoms with Crippen molar-refractivity contribution in [2.75, 3.05) is 6.54 Å². The summed E-state index contributed by atoms with van der Waals surface area (Å²) >= 11 is 0. The topological polar surface area (TPSA) is 136 Å². The van der Waals surface area contributed by atoms with Crippen LogP contribution in [0.4, 0.5) is 4.79 Å². The third-order valence-corrected chi connectivity index (χ3v) is 12.3. The summed E-state index contributed by atoms with van der Waals surface area (Å²) < 4.78 is 11.3. The van der Waals surface area contributed by atoms with Gasteiger partial charge in [0, 0.05) is 25.2 Å². The summed E-state index contributed by atoms with van der Waals surface area (Å²) in [6.07, 6.45) is 15.0. The number of esters is 1. The molecular formula is C43H56N4O6. The Labute approximate surface area is 314 Å². The lowest BCUT2D eigenvalue weighted by Gasteiger charge is -2.57. The smallest absolute Gasteiger partial charge is 0.408 e. The Morgan fingerprint density at radius 2 is 1.68 bits per heavy atom. The molecule has 8 atom stereocenters. The molecule has 10 nitrogen and oxygen atoms in total. The number of benzene rings is 1. The molecule has 6 rings (SSSR count). The summed E-state index contributed by atoms with van der Waals surface area (Å²) in [5, 5.41) is 7.90. The van der Waals surface area contributed by atoms with E-state index in [0.29, 0.717) is 24.2 Å². The van der Waals surface area contributed by atoms with Gasteiger partial charge in [-0.3, -0.25) is 14.6 Å². The van der Waals surface area contributed by atoms with E-state index in [4.69, 9.17) is 9.47 Å². The Kier molecular flexibility index (Phi) is 11.2. The van der Waals surface area contributed by atoms with Crippen LogP contribution in [-0.2, 0) is 30.3 Å². The highest BCUT2D eigenvalue weighted by Gasteiger charge is 2.57. The number of carbonyl (C=O) groups is 4. The minimum absolute atomic E-state index is 0.0885. The predicted molar refractivity (Wildman–Crippen MR) is 203 cm³/mol. The molecule has 3 amide bonds. The predicted octanol–water partition coefficient (Wildman–Crippen LogP) is 6.71. The zero-order chi connectivity index (χ0) is 38.0. The molecule has 1 heterocycles. The van der Waals surface area contributed by atoms with Crippen molar-refractivity contribution >= 4 is 29.5 Å². The van der Waals surface area contributed by atoms with Crippen LogP contribution >= 0.6 is 0 Å². The first-order chi connectivity index (χ1) is 25.2. The molecule has 10 heteroatoms. The first-order valence-electron chi connectivity index (χ1n) is 19.3. The lowest BCUT2D eigenvalue weighted by molar-refractivity contribution is -0.154. The van der Waals surface area contributed by atoms with Gasteiger partial charge in [-0.05, 0) is 118 Å². The van der Waals surface area contributed by atoms with Gasteiger partial charge in [-0.2, -0.15) is 0 Å². The maximum Gasteiger partial charge on any atom is 0.408 e. The van der Waals surface area contributed by atoms with E-state index in [0.717, 1.165) is 31.2 Å². The SMILES string of the molecule is C[C@H](NC(=O)[C@H](Cc1ccccc1)NC(=O)CNC(=O)OC(C)(C)C)C(=O)O[C@H]1CC[C@@]2(C)C(=CC[C@@H]3[C@@H]2CC[C@]2(C)C(c4cccnc4)=CC[C@@H]32)C1. The maximum atomic E-state index is 13.5. The van der Waals surface area contributed by atoms with Gasteiger partial charge >= 0.3 is 12.1 Å². The number of hydrogen-bond donors (Lipinski definition) is 3. The number of carbonyl (C=O) groups excluding carboxylic acids is 4. The molecule has 1 aromatic carbocycles. The highest BCUT2D eigenvalue weighted by atomic mass is 16.6. The summed E-state index contributed by atoms with van der Waals surface area (Å²) in [7, 11) is 0. The van der Waals surface area contributed by atoms with E-state index >= 15 is 0 Å². The third-order valence-electron chi connectivity index (χ3n) is 12.3. The second-order valence-electron chi connectivity index (χ2n) is 17.0. The Balaban J connectivity index is 1.04. The van der Waals surface area contributed by atoms with E-state index in [-0.39, 0.29) is 29.9 Å². The normalized spacial score (nSPS) is 28.7. The van der Waals surface area contributed by atoms with E-state index < -0.39 is 41.6 Å². The van der Waals surface area contributed by atoms with Crippen LogP contribution in [0.1, 0.15) is 97.6 Å². The van der Waals surface area contributed by atoms with E-state index in [1.165, 1.54) is 29.6 Å². The molecule has 2 saturated carbocycles. The highest BCUT2D eigenvalue weighted by molar-refractivity contribution is 5.92. The van der Waals surface area contributed by atoms with E-state index in [9.17, 15) is 19.2 Å². The molecule has 284 valence electrons. The molecule has 0 saturated heterocycles. The monoisotopic (exact) mass is 724 g/mol. The molecule has 0 aliphatic heterocycles. The minimum Gasteiger partial charge on any atom is -0.461 e. The number of allylic oxidation sites excluding steroid dienone is 3. The standard InChI is InChI=1S/C43H56N4O6/c1-27(46-38(49)36(23-28-11-8-7-9-12-28)47-37(48)26-45-40(51)53-41(2,3)4)39(50)52-31-18-20-42(5)30(24-31)14-15-32-34-17-16-33(29-13-10-22-44-25-29)43(34,6)21-19-35(32)42/h7-14,16,22,25,27,31-32,34-36H,15,17-21,23-24,26H2,1-6H3,(H,45,51)(H,46,49)(H,47,48)/t27-,31-,32-,34-,35-,36-,42-,43+/m0/s1. The number of nitrogens with one attached hydrogen (secondary N) is 3. The Bertz CT molecular complexity index is 1740. The number of hydrogen-bond acceptors (Lipinski definition) is 7. The van der Waals surface area contributed by atoms with Crippen molar-refractivity contribution in [2.24, 2.45) is 28.6 Å². The third kappa shape index (κ3) is 8.52. The number of aromatic nitrogens is 1. The first kappa shape index (κ1) is 38.3. The van der Waals surface area contributed by atoms with E-state index in [1.807, 2.05) is 48.8 Å². The van der Waals surface area contributed by atoms with Gasteiger partial charge in [0.2, 0.25) is 11.8 Å². The van der Waals surface area contributed by atoms with E-state index in [2.05, 4.69) is 53.0 Å². The highest BCUT2D eigenvalue weighted by Crippen LogP contribution is 2.66. The van der Waals surface area contributed by atoms with Crippen LogP contribution in [0.2, 0.25) is 0 Å². The molecule has 3 N–H and O–H groups in total. The van der Waals surface area contributed by atoms with Crippen molar-refractivity contribution in [3.63, 3.8) is 0 Å². The number of rotatable bonds is 10. The van der Waals surface area contributed by atoms with Gasteiger partial charge in [0.05, 0.1) is 0 Å². The average molecular weight is 725 g/mol. The maximum absolute atomic E-state index is 13.5. The van der Waals surface area contributed by atoms with Gasteiger partial charge in [-0.25, -0.2) is 9.59 Å². The summed E-state index contributed by atoms with van der Waals surface area (Å²) in [6, 6.07) is 11.6. The van der Waals surface area contributed by atoms with Gasteiger partial charge < -0.3 is 25.4 Å². The fraction of sp³-hybridized carbons (Fsp3) is 0.558. The number of fused-ring (bicyclic) bond motifs is 5. The molecule has 0 bridgehead atoms. The molecular weight excluding hydrogens is 668 g/mol. The van der Waals surface area contributed by atoms with Crippen molar-refractivity contribution < 1.29 is 28.7 Å². The molecule has 0 radical (unpaired) electrons. The number of alkyl carbamates (subject to hydrolysis) is 1. The Hall–Kier alpha value is -4.47. The molecule has 4 aliphatic carbocycles.